The van der Waals surface area contributed by atoms with Crippen LogP contribution in [0, 0.1) is 0 Å². The maximum absolute atomic E-state index is 11.8. The minimum atomic E-state index is 0.121. The molecule has 1 aliphatic rings. The zero-order valence-corrected chi connectivity index (χ0v) is 9.99. The third kappa shape index (κ3) is 3.67. The van der Waals surface area contributed by atoms with Gasteiger partial charge in [0.2, 0.25) is 5.91 Å². The summed E-state index contributed by atoms with van der Waals surface area (Å²) in [6.45, 7) is 3.89. The predicted octanol–water partition coefficient (Wildman–Crippen LogP) is 1.68. The minimum absolute atomic E-state index is 0.121. The molecule has 0 aromatic heterocycles. The van der Waals surface area contributed by atoms with Gasteiger partial charge < -0.3 is 10.6 Å². The number of hydrogen-bond donors (Lipinski definition) is 1. The zero-order valence-electron chi connectivity index (χ0n) is 9.99. The number of nitrogens with two attached hydrogens (primary N) is 1. The van der Waals surface area contributed by atoms with Crippen molar-refractivity contribution in [3.8, 4) is 0 Å². The van der Waals surface area contributed by atoms with E-state index in [1.54, 1.807) is 6.08 Å². The Hall–Kier alpha value is -0.830. The lowest BCUT2D eigenvalue weighted by Gasteiger charge is -2.33. The summed E-state index contributed by atoms with van der Waals surface area (Å²) in [4.78, 5) is 13.6. The predicted molar refractivity (Wildman–Crippen MR) is 62.4 cm³/mol. The topological polar surface area (TPSA) is 46.3 Å². The number of amides is 1. The van der Waals surface area contributed by atoms with E-state index in [2.05, 4.69) is 0 Å². The SMILES string of the molecule is CC(C)=CC(=O)N(C)C1CCC(N)CC1. The summed E-state index contributed by atoms with van der Waals surface area (Å²) in [5, 5.41) is 0. The van der Waals surface area contributed by atoms with E-state index in [1.165, 1.54) is 0 Å². The molecule has 0 spiro atoms. The van der Waals surface area contributed by atoms with Crippen LogP contribution in [0.5, 0.6) is 0 Å². The van der Waals surface area contributed by atoms with Crippen molar-refractivity contribution in [2.24, 2.45) is 5.73 Å². The van der Waals surface area contributed by atoms with Crippen LogP contribution in [0.15, 0.2) is 11.6 Å². The first-order valence-electron chi connectivity index (χ1n) is 5.68. The highest BCUT2D eigenvalue weighted by atomic mass is 16.2. The maximum Gasteiger partial charge on any atom is 0.246 e. The van der Waals surface area contributed by atoms with Gasteiger partial charge in [0.15, 0.2) is 0 Å². The first-order valence-corrected chi connectivity index (χ1v) is 5.68. The number of carbonyl (C=O) groups is 1. The van der Waals surface area contributed by atoms with Gasteiger partial charge >= 0.3 is 0 Å². The third-order valence-corrected chi connectivity index (χ3v) is 3.05. The number of allylic oxidation sites excluding steroid dienone is 1. The highest BCUT2D eigenvalue weighted by Crippen LogP contribution is 2.21. The van der Waals surface area contributed by atoms with Crippen LogP contribution in [0.2, 0.25) is 0 Å². The van der Waals surface area contributed by atoms with E-state index in [0.29, 0.717) is 12.1 Å². The van der Waals surface area contributed by atoms with Gasteiger partial charge in [0.25, 0.3) is 0 Å². The van der Waals surface area contributed by atoms with Gasteiger partial charge in [-0.3, -0.25) is 4.79 Å². The molecular weight excluding hydrogens is 188 g/mol. The fourth-order valence-electron chi connectivity index (χ4n) is 2.02. The second kappa shape index (κ2) is 5.31. The van der Waals surface area contributed by atoms with Crippen LogP contribution < -0.4 is 5.73 Å². The van der Waals surface area contributed by atoms with Gasteiger partial charge in [-0.25, -0.2) is 0 Å². The molecule has 3 nitrogen and oxygen atoms in total. The highest BCUT2D eigenvalue weighted by molar-refractivity contribution is 5.88. The maximum atomic E-state index is 11.8. The molecule has 2 N–H and O–H groups in total. The van der Waals surface area contributed by atoms with Gasteiger partial charge in [0, 0.05) is 25.2 Å². The molecule has 0 bridgehead atoms. The lowest BCUT2D eigenvalue weighted by atomic mass is 9.91. The van der Waals surface area contributed by atoms with Gasteiger partial charge in [0.1, 0.15) is 0 Å². The number of likely N-dealkylation sites (N-methyl/N-ethyl adjacent to an activating group) is 1. The number of rotatable bonds is 2. The van der Waals surface area contributed by atoms with E-state index in [-0.39, 0.29) is 5.91 Å². The lowest BCUT2D eigenvalue weighted by Crippen LogP contribution is -2.41. The zero-order chi connectivity index (χ0) is 11.4. The second-order valence-electron chi connectivity index (χ2n) is 4.74. The Labute approximate surface area is 92.3 Å². The molecule has 1 rings (SSSR count). The van der Waals surface area contributed by atoms with E-state index in [9.17, 15) is 4.79 Å². The van der Waals surface area contributed by atoms with Crippen LogP contribution in [-0.2, 0) is 4.79 Å². The third-order valence-electron chi connectivity index (χ3n) is 3.05. The highest BCUT2D eigenvalue weighted by Gasteiger charge is 2.23. The Morgan fingerprint density at radius 2 is 1.80 bits per heavy atom. The number of hydrogen-bond acceptors (Lipinski definition) is 2. The molecule has 0 heterocycles. The Balaban J connectivity index is 2.50. The van der Waals surface area contributed by atoms with Gasteiger partial charge in [-0.05, 0) is 39.5 Å². The molecule has 0 aromatic carbocycles. The molecule has 0 atom stereocenters. The molecule has 0 aromatic rings. The van der Waals surface area contributed by atoms with Crippen LogP contribution in [-0.4, -0.2) is 29.9 Å². The molecule has 0 saturated heterocycles. The quantitative estimate of drug-likeness (QED) is 0.705. The molecule has 3 heteroatoms. The average Bonchev–Trinajstić information content (AvgIpc) is 2.17. The summed E-state index contributed by atoms with van der Waals surface area (Å²) in [6, 6.07) is 0.723. The fourth-order valence-corrected chi connectivity index (χ4v) is 2.02. The summed E-state index contributed by atoms with van der Waals surface area (Å²) in [5.41, 5.74) is 6.89. The molecule has 1 saturated carbocycles. The average molecular weight is 210 g/mol. The molecule has 0 aliphatic heterocycles. The van der Waals surface area contributed by atoms with E-state index < -0.39 is 0 Å². The van der Waals surface area contributed by atoms with Crippen LogP contribution in [0.4, 0.5) is 0 Å². The van der Waals surface area contributed by atoms with Crippen molar-refractivity contribution in [2.45, 2.75) is 51.6 Å². The van der Waals surface area contributed by atoms with Gasteiger partial charge in [-0.15, -0.1) is 0 Å². The van der Waals surface area contributed by atoms with Gasteiger partial charge in [-0.2, -0.15) is 0 Å². The standard InChI is InChI=1S/C12H22N2O/c1-9(2)8-12(15)14(3)11-6-4-10(13)5-7-11/h8,10-11H,4-7,13H2,1-3H3. The van der Waals surface area contributed by atoms with Crippen molar-refractivity contribution < 1.29 is 4.79 Å². The summed E-state index contributed by atoms with van der Waals surface area (Å²) in [7, 11) is 1.89. The molecule has 1 aliphatic carbocycles. The Kier molecular flexibility index (Phi) is 4.33. The van der Waals surface area contributed by atoms with Crippen molar-refractivity contribution in [3.63, 3.8) is 0 Å². The number of carbonyl (C=O) groups excluding carboxylic acids is 1. The van der Waals surface area contributed by atoms with Crippen molar-refractivity contribution in [2.75, 3.05) is 7.05 Å². The van der Waals surface area contributed by atoms with E-state index in [0.717, 1.165) is 31.3 Å². The molecular formula is C12H22N2O. The largest absolute Gasteiger partial charge is 0.339 e. The monoisotopic (exact) mass is 210 g/mol. The van der Waals surface area contributed by atoms with E-state index >= 15 is 0 Å². The first-order chi connectivity index (χ1) is 7.00. The van der Waals surface area contributed by atoms with Gasteiger partial charge in [0.05, 0.1) is 0 Å². The van der Waals surface area contributed by atoms with Crippen LogP contribution in [0.3, 0.4) is 0 Å². The first kappa shape index (κ1) is 12.2. The van der Waals surface area contributed by atoms with E-state index in [1.807, 2.05) is 25.8 Å². The Morgan fingerprint density at radius 3 is 2.27 bits per heavy atom. The Morgan fingerprint density at radius 1 is 1.27 bits per heavy atom. The summed E-state index contributed by atoms with van der Waals surface area (Å²) in [6.07, 6.45) is 5.86. The second-order valence-corrected chi connectivity index (χ2v) is 4.74. The normalized spacial score (nSPS) is 25.9. The molecule has 86 valence electrons. The number of nitrogens with zero attached hydrogens (tertiary/aromatic N) is 1. The van der Waals surface area contributed by atoms with Crippen molar-refractivity contribution in [3.05, 3.63) is 11.6 Å². The van der Waals surface area contributed by atoms with Crippen LogP contribution in [0.25, 0.3) is 0 Å². The molecule has 1 amide bonds. The van der Waals surface area contributed by atoms with Crippen molar-refractivity contribution in [1.82, 2.24) is 4.90 Å². The molecule has 0 unspecified atom stereocenters. The van der Waals surface area contributed by atoms with Gasteiger partial charge in [-0.1, -0.05) is 5.57 Å². The summed E-state index contributed by atoms with van der Waals surface area (Å²) in [5.74, 6) is 0.121. The summed E-state index contributed by atoms with van der Waals surface area (Å²) >= 11 is 0. The molecule has 1 fully saturated rings. The van der Waals surface area contributed by atoms with Crippen LogP contribution >= 0.6 is 0 Å². The van der Waals surface area contributed by atoms with E-state index in [4.69, 9.17) is 5.73 Å². The minimum Gasteiger partial charge on any atom is -0.339 e. The molecule has 15 heavy (non-hydrogen) atoms. The molecule has 0 radical (unpaired) electrons. The van der Waals surface area contributed by atoms with Crippen LogP contribution in [0.1, 0.15) is 39.5 Å². The Bertz CT molecular complexity index is 248. The smallest absolute Gasteiger partial charge is 0.246 e. The lowest BCUT2D eigenvalue weighted by molar-refractivity contribution is -0.127. The van der Waals surface area contributed by atoms with Crippen molar-refractivity contribution in [1.29, 1.82) is 0 Å². The van der Waals surface area contributed by atoms with Crippen molar-refractivity contribution >= 4 is 5.91 Å². The fraction of sp³-hybridized carbons (Fsp3) is 0.750. The summed E-state index contributed by atoms with van der Waals surface area (Å²) < 4.78 is 0.